The molecule has 0 spiro atoms. The van der Waals surface area contributed by atoms with E-state index in [4.69, 9.17) is 4.74 Å². The number of carbonyl (C=O) groups excluding carboxylic acids is 4. The monoisotopic (exact) mass is 626 g/mol. The van der Waals surface area contributed by atoms with Crippen LogP contribution in [0.3, 0.4) is 0 Å². The van der Waals surface area contributed by atoms with Crippen molar-refractivity contribution in [3.8, 4) is 5.75 Å². The number of carbonyl (C=O) groups is 4. The average molecular weight is 627 g/mol. The van der Waals surface area contributed by atoms with Crippen molar-refractivity contribution >= 4 is 29.3 Å². The van der Waals surface area contributed by atoms with Crippen LogP contribution in [0.4, 0.5) is 5.69 Å². The largest absolute Gasteiger partial charge is 0.494 e. The Balaban J connectivity index is 1.55. The molecule has 3 aromatic carbocycles. The molecule has 0 saturated carbocycles. The maximum Gasteiger partial charge on any atom is 0.252 e. The highest BCUT2D eigenvalue weighted by Gasteiger charge is 2.27. The molecule has 0 aliphatic carbocycles. The SMILES string of the molecule is Cc1ccc2cc1C(=O)N[C@@H](CC(C)(C)C)C(=O)Nc1ccc(cc1)CCC(=O)N(C)CCCCOc1ccc(cc1)C(=O)NC2. The van der Waals surface area contributed by atoms with E-state index in [1.165, 1.54) is 0 Å². The topological polar surface area (TPSA) is 117 Å². The van der Waals surface area contributed by atoms with Gasteiger partial charge in [0.1, 0.15) is 11.8 Å². The molecule has 0 aromatic heterocycles. The number of amides is 4. The van der Waals surface area contributed by atoms with Crippen LogP contribution in [0.15, 0.2) is 66.7 Å². The van der Waals surface area contributed by atoms with Crippen molar-refractivity contribution < 1.29 is 23.9 Å². The maximum absolute atomic E-state index is 13.5. The van der Waals surface area contributed by atoms with Crippen molar-refractivity contribution in [1.29, 1.82) is 0 Å². The molecule has 4 aliphatic rings. The van der Waals surface area contributed by atoms with E-state index in [1.54, 1.807) is 35.2 Å². The Morgan fingerprint density at radius 3 is 2.24 bits per heavy atom. The van der Waals surface area contributed by atoms with Gasteiger partial charge in [-0.3, -0.25) is 19.2 Å². The highest BCUT2D eigenvalue weighted by Crippen LogP contribution is 2.23. The minimum Gasteiger partial charge on any atom is -0.494 e. The quantitative estimate of drug-likeness (QED) is 0.322. The second-order valence-electron chi connectivity index (χ2n) is 13.2. The summed E-state index contributed by atoms with van der Waals surface area (Å²) in [6.45, 7) is 9.29. The lowest BCUT2D eigenvalue weighted by Gasteiger charge is -2.26. The Labute approximate surface area is 272 Å². The van der Waals surface area contributed by atoms with Gasteiger partial charge in [0.25, 0.3) is 11.8 Å². The molecule has 244 valence electrons. The first-order valence-corrected chi connectivity index (χ1v) is 15.9. The summed E-state index contributed by atoms with van der Waals surface area (Å²) < 4.78 is 5.84. The molecule has 3 aromatic rings. The van der Waals surface area contributed by atoms with E-state index in [1.807, 2.05) is 71.1 Å². The lowest BCUT2D eigenvalue weighted by atomic mass is 9.87. The Hall–Kier alpha value is -4.66. The van der Waals surface area contributed by atoms with E-state index in [-0.39, 0.29) is 35.6 Å². The minimum atomic E-state index is -0.776. The number of nitrogens with zero attached hydrogens (tertiary/aromatic N) is 1. The van der Waals surface area contributed by atoms with E-state index in [2.05, 4.69) is 16.0 Å². The molecule has 4 aliphatic heterocycles. The van der Waals surface area contributed by atoms with Gasteiger partial charge in [-0.25, -0.2) is 0 Å². The third-order valence-corrected chi connectivity index (χ3v) is 7.99. The molecule has 1 atom stereocenters. The van der Waals surface area contributed by atoms with Crippen LogP contribution < -0.4 is 20.7 Å². The Morgan fingerprint density at radius 2 is 1.54 bits per heavy atom. The number of rotatable bonds is 1. The maximum atomic E-state index is 13.5. The van der Waals surface area contributed by atoms with E-state index < -0.39 is 6.04 Å². The first kappa shape index (κ1) is 34.2. The lowest BCUT2D eigenvalue weighted by Crippen LogP contribution is -2.46. The lowest BCUT2D eigenvalue weighted by molar-refractivity contribution is -0.130. The second-order valence-corrected chi connectivity index (χ2v) is 13.2. The summed E-state index contributed by atoms with van der Waals surface area (Å²) in [4.78, 5) is 54.3. The summed E-state index contributed by atoms with van der Waals surface area (Å²) in [6.07, 6.45) is 3.01. The molecule has 0 unspecified atom stereocenters. The van der Waals surface area contributed by atoms with E-state index in [9.17, 15) is 19.2 Å². The molecule has 9 heteroatoms. The summed E-state index contributed by atoms with van der Waals surface area (Å²) in [5.74, 6) is -0.161. The van der Waals surface area contributed by atoms with Gasteiger partial charge in [-0.15, -0.1) is 0 Å². The normalized spacial score (nSPS) is 17.8. The Morgan fingerprint density at radius 1 is 0.848 bits per heavy atom. The van der Waals surface area contributed by atoms with Crippen LogP contribution in [0.1, 0.15) is 83.9 Å². The van der Waals surface area contributed by atoms with Crippen LogP contribution in [0.2, 0.25) is 0 Å². The van der Waals surface area contributed by atoms with Crippen molar-refractivity contribution in [2.45, 2.75) is 72.4 Å². The van der Waals surface area contributed by atoms with Crippen LogP contribution >= 0.6 is 0 Å². The van der Waals surface area contributed by atoms with Crippen molar-refractivity contribution in [1.82, 2.24) is 15.5 Å². The van der Waals surface area contributed by atoms with Crippen LogP contribution in [-0.2, 0) is 22.6 Å². The van der Waals surface area contributed by atoms with E-state index in [0.717, 1.165) is 29.5 Å². The van der Waals surface area contributed by atoms with Crippen molar-refractivity contribution in [3.05, 3.63) is 94.5 Å². The Bertz CT molecular complexity index is 1530. The second kappa shape index (κ2) is 15.6. The molecule has 0 saturated heterocycles. The van der Waals surface area contributed by atoms with Gasteiger partial charge in [0, 0.05) is 43.4 Å². The molecule has 6 bridgehead atoms. The standard InChI is InChI=1S/C37H46N4O5/c1-25-8-9-27-22-31(25)35(44)40-32(23-37(2,3)4)36(45)39-29-15-10-26(11-16-29)12-19-33(42)41(5)20-6-7-21-46-30-17-13-28(14-18-30)34(43)38-24-27/h8-11,13-18,22,32H,6-7,12,19-21,23-24H2,1-5H3,(H,38,43)(H,39,45)(H,40,44)/t32-/m0/s1. The molecule has 9 nitrogen and oxygen atoms in total. The predicted octanol–water partition coefficient (Wildman–Crippen LogP) is 5.66. The zero-order valence-electron chi connectivity index (χ0n) is 27.6. The molecule has 46 heavy (non-hydrogen) atoms. The molecular formula is C37H46N4O5. The van der Waals surface area contributed by atoms with Gasteiger partial charge in [-0.2, -0.15) is 0 Å². The third kappa shape index (κ3) is 10.2. The minimum absolute atomic E-state index is 0.0712. The van der Waals surface area contributed by atoms with Gasteiger partial charge in [-0.1, -0.05) is 45.0 Å². The average Bonchev–Trinajstić information content (AvgIpc) is 3.02. The highest BCUT2D eigenvalue weighted by molar-refractivity contribution is 6.02. The van der Waals surface area contributed by atoms with Gasteiger partial charge in [0.2, 0.25) is 11.8 Å². The van der Waals surface area contributed by atoms with E-state index in [0.29, 0.717) is 55.0 Å². The fourth-order valence-electron chi connectivity index (χ4n) is 5.26. The van der Waals surface area contributed by atoms with Crippen molar-refractivity contribution in [2.24, 2.45) is 5.41 Å². The molecule has 0 radical (unpaired) electrons. The van der Waals surface area contributed by atoms with Gasteiger partial charge in [-0.05, 0) is 97.2 Å². The highest BCUT2D eigenvalue weighted by atomic mass is 16.5. The first-order valence-electron chi connectivity index (χ1n) is 15.9. The number of ether oxygens (including phenoxy) is 1. The summed E-state index contributed by atoms with van der Waals surface area (Å²) in [7, 11) is 1.81. The number of hydrogen-bond acceptors (Lipinski definition) is 5. The zero-order chi connectivity index (χ0) is 33.3. The van der Waals surface area contributed by atoms with E-state index >= 15 is 0 Å². The third-order valence-electron chi connectivity index (χ3n) is 7.99. The van der Waals surface area contributed by atoms with Crippen molar-refractivity contribution in [2.75, 3.05) is 25.5 Å². The smallest absolute Gasteiger partial charge is 0.252 e. The van der Waals surface area contributed by atoms with Gasteiger partial charge in [0.15, 0.2) is 0 Å². The van der Waals surface area contributed by atoms with Crippen LogP contribution in [-0.4, -0.2) is 54.8 Å². The van der Waals surface area contributed by atoms with Gasteiger partial charge >= 0.3 is 0 Å². The molecule has 4 amide bonds. The summed E-state index contributed by atoms with van der Waals surface area (Å²) >= 11 is 0. The number of hydrogen-bond donors (Lipinski definition) is 3. The summed E-state index contributed by atoms with van der Waals surface area (Å²) in [5.41, 5.74) is 3.85. The number of benzene rings is 3. The fourth-order valence-corrected chi connectivity index (χ4v) is 5.26. The summed E-state index contributed by atoms with van der Waals surface area (Å²) in [6, 6.07) is 19.1. The van der Waals surface area contributed by atoms with Crippen LogP contribution in [0, 0.1) is 12.3 Å². The fraction of sp³-hybridized carbons (Fsp3) is 0.405. The number of nitrogens with one attached hydrogen (secondary N) is 3. The molecule has 7 rings (SSSR count). The molecule has 3 N–H and O–H groups in total. The van der Waals surface area contributed by atoms with Crippen LogP contribution in [0.5, 0.6) is 5.75 Å². The van der Waals surface area contributed by atoms with Crippen molar-refractivity contribution in [3.63, 3.8) is 0 Å². The first-order chi connectivity index (χ1) is 21.9. The van der Waals surface area contributed by atoms with Crippen LogP contribution in [0.25, 0.3) is 0 Å². The molecule has 4 heterocycles. The van der Waals surface area contributed by atoms with Gasteiger partial charge < -0.3 is 25.6 Å². The Kier molecular flexibility index (Phi) is 11.6. The zero-order valence-corrected chi connectivity index (χ0v) is 27.6. The predicted molar refractivity (Wildman–Crippen MR) is 180 cm³/mol. The van der Waals surface area contributed by atoms with Gasteiger partial charge in [0.05, 0.1) is 6.61 Å². The summed E-state index contributed by atoms with van der Waals surface area (Å²) in [5, 5.41) is 8.83. The molecular weight excluding hydrogens is 580 g/mol. The number of aryl methyl sites for hydroxylation is 2. The molecule has 0 fully saturated rings. The number of anilines is 1.